The van der Waals surface area contributed by atoms with Crippen LogP contribution in [0.1, 0.15) is 41.0 Å². The van der Waals surface area contributed by atoms with Gasteiger partial charge < -0.3 is 9.88 Å². The number of aromatic nitrogens is 1. The summed E-state index contributed by atoms with van der Waals surface area (Å²) in [7, 11) is -1.84. The van der Waals surface area contributed by atoms with Crippen molar-refractivity contribution in [2.45, 2.75) is 37.6 Å². The summed E-state index contributed by atoms with van der Waals surface area (Å²) in [4.78, 5) is 12.8. The number of sulfonamides is 1. The molecule has 0 radical (unpaired) electrons. The van der Waals surface area contributed by atoms with Gasteiger partial charge in [-0.3, -0.25) is 4.79 Å². The fourth-order valence-electron chi connectivity index (χ4n) is 3.26. The second-order valence-electron chi connectivity index (χ2n) is 6.67. The van der Waals surface area contributed by atoms with Gasteiger partial charge >= 0.3 is 0 Å². The molecule has 1 N–H and O–H groups in total. The van der Waals surface area contributed by atoms with Crippen molar-refractivity contribution in [1.29, 1.82) is 0 Å². The average Bonchev–Trinajstić information content (AvgIpc) is 2.97. The summed E-state index contributed by atoms with van der Waals surface area (Å²) in [6, 6.07) is 11.1. The molecule has 2 heterocycles. The van der Waals surface area contributed by atoms with Crippen molar-refractivity contribution >= 4 is 15.9 Å². The van der Waals surface area contributed by atoms with E-state index >= 15 is 0 Å². The Morgan fingerprint density at radius 3 is 2.42 bits per heavy atom. The van der Waals surface area contributed by atoms with Crippen molar-refractivity contribution in [3.63, 3.8) is 0 Å². The third-order valence-corrected chi connectivity index (χ3v) is 6.96. The first-order valence-electron chi connectivity index (χ1n) is 8.90. The molecule has 0 spiro atoms. The third-order valence-electron chi connectivity index (χ3n) is 4.95. The van der Waals surface area contributed by atoms with Gasteiger partial charge in [-0.2, -0.15) is 4.31 Å². The molecule has 7 heteroatoms. The number of hydrogen-bond donors (Lipinski definition) is 1. The van der Waals surface area contributed by atoms with Crippen LogP contribution in [0.5, 0.6) is 0 Å². The zero-order valence-corrected chi connectivity index (χ0v) is 16.1. The van der Waals surface area contributed by atoms with E-state index in [0.29, 0.717) is 31.0 Å². The maximum Gasteiger partial charge on any atom is 0.268 e. The number of carbonyl (C=O) groups is 1. The highest BCUT2D eigenvalue weighted by atomic mass is 32.2. The number of benzene rings is 1. The summed E-state index contributed by atoms with van der Waals surface area (Å²) >= 11 is 0. The molecule has 1 aliphatic rings. The second kappa shape index (κ2) is 7.63. The summed E-state index contributed by atoms with van der Waals surface area (Å²) in [5.41, 5.74) is 1.93. The van der Waals surface area contributed by atoms with Crippen molar-refractivity contribution in [2.24, 2.45) is 7.05 Å². The van der Waals surface area contributed by atoms with E-state index in [4.69, 9.17) is 0 Å². The minimum absolute atomic E-state index is 0.228. The van der Waals surface area contributed by atoms with E-state index in [0.717, 1.165) is 24.8 Å². The van der Waals surface area contributed by atoms with Crippen molar-refractivity contribution in [3.8, 4) is 0 Å². The molecule has 0 unspecified atom stereocenters. The second-order valence-corrected chi connectivity index (χ2v) is 8.58. The predicted molar refractivity (Wildman–Crippen MR) is 100 cm³/mol. The van der Waals surface area contributed by atoms with Crippen LogP contribution in [0.25, 0.3) is 0 Å². The summed E-state index contributed by atoms with van der Waals surface area (Å²) < 4.78 is 29.1. The van der Waals surface area contributed by atoms with Crippen molar-refractivity contribution < 1.29 is 13.2 Å². The van der Waals surface area contributed by atoms with Gasteiger partial charge in [0.05, 0.1) is 0 Å². The average molecular weight is 375 g/mol. The quantitative estimate of drug-likeness (QED) is 0.872. The van der Waals surface area contributed by atoms with Gasteiger partial charge in [0.25, 0.3) is 5.91 Å². The van der Waals surface area contributed by atoms with E-state index in [1.54, 1.807) is 18.5 Å². The van der Waals surface area contributed by atoms with E-state index in [2.05, 4.69) is 5.32 Å². The molecule has 1 fully saturated rings. The maximum atomic E-state index is 13.0. The van der Waals surface area contributed by atoms with Crippen LogP contribution in [0.3, 0.4) is 0 Å². The van der Waals surface area contributed by atoms with Crippen molar-refractivity contribution in [1.82, 2.24) is 14.2 Å². The number of nitrogens with one attached hydrogen (secondary N) is 1. The van der Waals surface area contributed by atoms with Gasteiger partial charge in [-0.05, 0) is 31.4 Å². The first kappa shape index (κ1) is 18.7. The third kappa shape index (κ3) is 3.68. The number of nitrogens with zero attached hydrogens (tertiary/aromatic N) is 2. The fraction of sp³-hybridized carbons (Fsp3) is 0.421. The Labute approximate surface area is 154 Å². The van der Waals surface area contributed by atoms with Crippen molar-refractivity contribution in [3.05, 3.63) is 53.3 Å². The highest BCUT2D eigenvalue weighted by Crippen LogP contribution is 2.25. The van der Waals surface area contributed by atoms with Gasteiger partial charge in [0.15, 0.2) is 0 Å². The number of piperidine rings is 1. The van der Waals surface area contributed by atoms with Crippen LogP contribution in [0, 0.1) is 6.92 Å². The van der Waals surface area contributed by atoms with Gasteiger partial charge in [0, 0.05) is 32.4 Å². The smallest absolute Gasteiger partial charge is 0.268 e. The lowest BCUT2D eigenvalue weighted by molar-refractivity contribution is 0.0942. The molecular formula is C19H25N3O3S. The van der Waals surface area contributed by atoms with Crippen LogP contribution in [-0.4, -0.2) is 36.3 Å². The molecular weight excluding hydrogens is 350 g/mol. The van der Waals surface area contributed by atoms with Gasteiger partial charge in [-0.15, -0.1) is 0 Å². The topological polar surface area (TPSA) is 71.4 Å². The number of hydrogen-bond acceptors (Lipinski definition) is 3. The Bertz CT molecular complexity index is 882. The Balaban J connectivity index is 1.81. The molecule has 1 aromatic heterocycles. The molecule has 1 saturated heterocycles. The van der Waals surface area contributed by atoms with Crippen molar-refractivity contribution in [2.75, 3.05) is 13.1 Å². The summed E-state index contributed by atoms with van der Waals surface area (Å²) in [6.07, 6.45) is 2.83. The van der Waals surface area contributed by atoms with E-state index in [1.165, 1.54) is 10.4 Å². The monoisotopic (exact) mass is 375 g/mol. The standard InChI is InChI=1S/C19H25N3O3S/c1-15-18(26(24,25)22-11-7-4-8-12-22)13-17(21(15)2)19(23)20-14-16-9-5-3-6-10-16/h3,5-6,9-10,13H,4,7-8,11-12,14H2,1-2H3,(H,20,23). The zero-order chi connectivity index (χ0) is 18.7. The highest BCUT2D eigenvalue weighted by molar-refractivity contribution is 7.89. The Kier molecular flexibility index (Phi) is 5.48. The van der Waals surface area contributed by atoms with Gasteiger partial charge in [-0.25, -0.2) is 8.42 Å². The Morgan fingerprint density at radius 1 is 1.12 bits per heavy atom. The molecule has 1 aromatic carbocycles. The lowest BCUT2D eigenvalue weighted by Crippen LogP contribution is -2.35. The first-order valence-corrected chi connectivity index (χ1v) is 10.3. The molecule has 3 rings (SSSR count). The molecule has 1 amide bonds. The summed E-state index contributed by atoms with van der Waals surface area (Å²) in [6.45, 7) is 3.24. The van der Waals surface area contributed by atoms with Crippen LogP contribution in [0.2, 0.25) is 0 Å². The lowest BCUT2D eigenvalue weighted by Gasteiger charge is -2.25. The van der Waals surface area contributed by atoms with Gasteiger partial charge in [0.2, 0.25) is 10.0 Å². The van der Waals surface area contributed by atoms with Crippen LogP contribution in [0.4, 0.5) is 0 Å². The Hall–Kier alpha value is -2.12. The Morgan fingerprint density at radius 2 is 1.77 bits per heavy atom. The van der Waals surface area contributed by atoms with Crippen LogP contribution < -0.4 is 5.32 Å². The molecule has 6 nitrogen and oxygen atoms in total. The van der Waals surface area contributed by atoms with Gasteiger partial charge in [-0.1, -0.05) is 36.8 Å². The molecule has 0 atom stereocenters. The summed E-state index contributed by atoms with van der Waals surface area (Å²) in [5.74, 6) is -0.278. The lowest BCUT2D eigenvalue weighted by atomic mass is 10.2. The van der Waals surface area contributed by atoms with E-state index in [9.17, 15) is 13.2 Å². The minimum atomic E-state index is -3.56. The van der Waals surface area contributed by atoms with Crippen LogP contribution in [0.15, 0.2) is 41.3 Å². The molecule has 2 aromatic rings. The van der Waals surface area contributed by atoms with E-state index in [-0.39, 0.29) is 10.8 Å². The molecule has 0 aliphatic carbocycles. The fourth-order valence-corrected chi connectivity index (χ4v) is 5.05. The maximum absolute atomic E-state index is 13.0. The van der Waals surface area contributed by atoms with Crippen LogP contribution in [-0.2, 0) is 23.6 Å². The van der Waals surface area contributed by atoms with Crippen LogP contribution >= 0.6 is 0 Å². The largest absolute Gasteiger partial charge is 0.347 e. The first-order chi connectivity index (χ1) is 12.4. The SMILES string of the molecule is Cc1c(S(=O)(=O)N2CCCCC2)cc(C(=O)NCc2ccccc2)n1C. The zero-order valence-electron chi connectivity index (χ0n) is 15.2. The molecule has 0 saturated carbocycles. The van der Waals surface area contributed by atoms with E-state index < -0.39 is 10.0 Å². The number of amides is 1. The molecule has 1 aliphatic heterocycles. The normalized spacial score (nSPS) is 15.8. The molecule has 0 bridgehead atoms. The number of carbonyl (C=O) groups excluding carboxylic acids is 1. The minimum Gasteiger partial charge on any atom is -0.347 e. The molecule has 26 heavy (non-hydrogen) atoms. The van der Waals surface area contributed by atoms with E-state index in [1.807, 2.05) is 30.3 Å². The van der Waals surface area contributed by atoms with Gasteiger partial charge in [0.1, 0.15) is 10.6 Å². The summed E-state index contributed by atoms with van der Waals surface area (Å²) in [5, 5.41) is 2.86. The predicted octanol–water partition coefficient (Wildman–Crippen LogP) is 2.44. The highest BCUT2D eigenvalue weighted by Gasteiger charge is 2.30. The molecule has 140 valence electrons. The number of rotatable bonds is 5.